The van der Waals surface area contributed by atoms with Crippen LogP contribution in [0.4, 0.5) is 10.1 Å². The Morgan fingerprint density at radius 3 is 2.60 bits per heavy atom. The number of aromatic hydroxyl groups is 1. The van der Waals surface area contributed by atoms with E-state index < -0.39 is 23.0 Å². The zero-order valence-electron chi connectivity index (χ0n) is 10.7. The maximum Gasteiger partial charge on any atom is 0.264 e. The largest absolute Gasteiger partial charge is 0.507 e. The highest BCUT2D eigenvalue weighted by Crippen LogP contribution is 2.25. The standard InChI is InChI=1S/C15H11FN2O2/c1-18(12-7-3-2-5-10(12)9-17)15(20)14-11(16)6-4-8-13(14)19/h2-8,19H,1H3. The van der Waals surface area contributed by atoms with Crippen molar-refractivity contribution >= 4 is 11.6 Å². The third-order valence-corrected chi connectivity index (χ3v) is 2.90. The van der Waals surface area contributed by atoms with E-state index in [1.807, 2.05) is 6.07 Å². The highest BCUT2D eigenvalue weighted by Gasteiger charge is 2.22. The Morgan fingerprint density at radius 2 is 1.95 bits per heavy atom. The molecular formula is C15H11FN2O2. The molecule has 0 heterocycles. The number of benzene rings is 2. The highest BCUT2D eigenvalue weighted by atomic mass is 19.1. The number of para-hydroxylation sites is 1. The number of rotatable bonds is 2. The normalized spacial score (nSPS) is 9.85. The molecule has 1 amide bonds. The van der Waals surface area contributed by atoms with Crippen molar-refractivity contribution in [2.45, 2.75) is 0 Å². The van der Waals surface area contributed by atoms with E-state index in [-0.39, 0.29) is 0 Å². The van der Waals surface area contributed by atoms with Crippen molar-refractivity contribution in [3.8, 4) is 11.8 Å². The summed E-state index contributed by atoms with van der Waals surface area (Å²) in [7, 11) is 1.42. The van der Waals surface area contributed by atoms with Crippen LogP contribution in [-0.4, -0.2) is 18.1 Å². The predicted octanol–water partition coefficient (Wildman–Crippen LogP) is 2.68. The van der Waals surface area contributed by atoms with Crippen LogP contribution in [0.2, 0.25) is 0 Å². The number of anilines is 1. The lowest BCUT2D eigenvalue weighted by molar-refractivity contribution is 0.0986. The minimum absolute atomic E-state index is 0.291. The van der Waals surface area contributed by atoms with Crippen molar-refractivity contribution in [2.24, 2.45) is 0 Å². The molecule has 100 valence electrons. The molecule has 20 heavy (non-hydrogen) atoms. The number of halogens is 1. The topological polar surface area (TPSA) is 64.3 Å². The molecule has 0 aliphatic carbocycles. The van der Waals surface area contributed by atoms with Gasteiger partial charge < -0.3 is 10.0 Å². The van der Waals surface area contributed by atoms with Crippen LogP contribution in [0.5, 0.6) is 5.75 Å². The molecule has 0 unspecified atom stereocenters. The van der Waals surface area contributed by atoms with Crippen LogP contribution < -0.4 is 4.90 Å². The Balaban J connectivity index is 2.46. The van der Waals surface area contributed by atoms with E-state index >= 15 is 0 Å². The van der Waals surface area contributed by atoms with E-state index in [2.05, 4.69) is 0 Å². The number of nitriles is 1. The van der Waals surface area contributed by atoms with Gasteiger partial charge in [0.2, 0.25) is 0 Å². The summed E-state index contributed by atoms with van der Waals surface area (Å²) in [6.45, 7) is 0. The molecule has 2 aromatic rings. The number of phenolic OH excluding ortho intramolecular Hbond substituents is 1. The summed E-state index contributed by atoms with van der Waals surface area (Å²) < 4.78 is 13.7. The van der Waals surface area contributed by atoms with E-state index in [0.717, 1.165) is 11.0 Å². The quantitative estimate of drug-likeness (QED) is 0.912. The fourth-order valence-corrected chi connectivity index (χ4v) is 1.86. The van der Waals surface area contributed by atoms with Gasteiger partial charge >= 0.3 is 0 Å². The molecule has 0 spiro atoms. The fourth-order valence-electron chi connectivity index (χ4n) is 1.86. The minimum atomic E-state index is -0.809. The molecular weight excluding hydrogens is 259 g/mol. The molecule has 0 atom stereocenters. The Bertz CT molecular complexity index is 687. The van der Waals surface area contributed by atoms with E-state index in [0.29, 0.717) is 11.3 Å². The van der Waals surface area contributed by atoms with Gasteiger partial charge in [0.1, 0.15) is 23.2 Å². The van der Waals surface area contributed by atoms with Gasteiger partial charge in [-0.3, -0.25) is 4.79 Å². The van der Waals surface area contributed by atoms with Crippen molar-refractivity contribution < 1.29 is 14.3 Å². The molecule has 4 nitrogen and oxygen atoms in total. The van der Waals surface area contributed by atoms with Crippen molar-refractivity contribution in [1.82, 2.24) is 0 Å². The fraction of sp³-hybridized carbons (Fsp3) is 0.0667. The van der Waals surface area contributed by atoms with Gasteiger partial charge in [0, 0.05) is 7.05 Å². The van der Waals surface area contributed by atoms with Crippen LogP contribution in [0.3, 0.4) is 0 Å². The van der Waals surface area contributed by atoms with Crippen LogP contribution in [-0.2, 0) is 0 Å². The number of hydrogen-bond donors (Lipinski definition) is 1. The van der Waals surface area contributed by atoms with Crippen molar-refractivity contribution in [2.75, 3.05) is 11.9 Å². The number of phenols is 1. The third-order valence-electron chi connectivity index (χ3n) is 2.90. The second-order valence-electron chi connectivity index (χ2n) is 4.13. The van der Waals surface area contributed by atoms with Gasteiger partial charge in [-0.1, -0.05) is 18.2 Å². The lowest BCUT2D eigenvalue weighted by Gasteiger charge is -2.19. The number of hydrogen-bond acceptors (Lipinski definition) is 3. The average molecular weight is 270 g/mol. The maximum absolute atomic E-state index is 13.7. The molecule has 0 radical (unpaired) electrons. The Hall–Kier alpha value is -2.87. The first-order valence-corrected chi connectivity index (χ1v) is 5.81. The van der Waals surface area contributed by atoms with E-state index in [4.69, 9.17) is 5.26 Å². The number of carbonyl (C=O) groups is 1. The zero-order chi connectivity index (χ0) is 14.7. The van der Waals surface area contributed by atoms with E-state index in [1.54, 1.807) is 24.3 Å². The van der Waals surface area contributed by atoms with Gasteiger partial charge in [-0.2, -0.15) is 5.26 Å². The van der Waals surface area contributed by atoms with Crippen molar-refractivity contribution in [3.63, 3.8) is 0 Å². The smallest absolute Gasteiger partial charge is 0.264 e. The van der Waals surface area contributed by atoms with Gasteiger partial charge in [0.25, 0.3) is 5.91 Å². The lowest BCUT2D eigenvalue weighted by Crippen LogP contribution is -2.27. The molecule has 0 bridgehead atoms. The zero-order valence-corrected chi connectivity index (χ0v) is 10.7. The summed E-state index contributed by atoms with van der Waals surface area (Å²) in [6.07, 6.45) is 0. The summed E-state index contributed by atoms with van der Waals surface area (Å²) >= 11 is 0. The first-order chi connectivity index (χ1) is 9.56. The lowest BCUT2D eigenvalue weighted by atomic mass is 10.1. The van der Waals surface area contributed by atoms with E-state index in [1.165, 1.54) is 19.2 Å². The van der Waals surface area contributed by atoms with Gasteiger partial charge in [0.15, 0.2) is 0 Å². The average Bonchev–Trinajstić information content (AvgIpc) is 2.46. The third kappa shape index (κ3) is 2.31. The van der Waals surface area contributed by atoms with Crippen molar-refractivity contribution in [3.05, 3.63) is 59.4 Å². The van der Waals surface area contributed by atoms with Gasteiger partial charge in [0.05, 0.1) is 11.3 Å². The summed E-state index contributed by atoms with van der Waals surface area (Å²) in [5, 5.41) is 18.6. The molecule has 1 N–H and O–H groups in total. The summed E-state index contributed by atoms with van der Waals surface area (Å²) in [6, 6.07) is 12.1. The number of nitrogens with zero attached hydrogens (tertiary/aromatic N) is 2. The van der Waals surface area contributed by atoms with Crippen molar-refractivity contribution in [1.29, 1.82) is 5.26 Å². The first kappa shape index (κ1) is 13.6. The summed E-state index contributed by atoms with van der Waals surface area (Å²) in [4.78, 5) is 13.4. The molecule has 2 aromatic carbocycles. The Labute approximate surface area is 115 Å². The Morgan fingerprint density at radius 1 is 1.25 bits per heavy atom. The molecule has 2 rings (SSSR count). The van der Waals surface area contributed by atoms with Crippen LogP contribution in [0, 0.1) is 17.1 Å². The SMILES string of the molecule is CN(C(=O)c1c(O)cccc1F)c1ccccc1C#N. The Kier molecular flexibility index (Phi) is 3.67. The predicted molar refractivity (Wildman–Crippen MR) is 72.0 cm³/mol. The molecule has 0 aliphatic heterocycles. The van der Waals surface area contributed by atoms with Crippen LogP contribution in [0.15, 0.2) is 42.5 Å². The molecule has 0 fully saturated rings. The van der Waals surface area contributed by atoms with Crippen LogP contribution >= 0.6 is 0 Å². The second kappa shape index (κ2) is 5.41. The van der Waals surface area contributed by atoms with Crippen LogP contribution in [0.1, 0.15) is 15.9 Å². The molecule has 0 aromatic heterocycles. The monoisotopic (exact) mass is 270 g/mol. The molecule has 0 saturated carbocycles. The summed E-state index contributed by atoms with van der Waals surface area (Å²) in [5.41, 5.74) is 0.226. The van der Waals surface area contributed by atoms with Crippen LogP contribution in [0.25, 0.3) is 0 Å². The molecule has 5 heteroatoms. The highest BCUT2D eigenvalue weighted by molar-refractivity contribution is 6.08. The van der Waals surface area contributed by atoms with E-state index in [9.17, 15) is 14.3 Å². The number of carbonyl (C=O) groups excluding carboxylic acids is 1. The van der Waals surface area contributed by atoms with Gasteiger partial charge in [-0.05, 0) is 24.3 Å². The second-order valence-corrected chi connectivity index (χ2v) is 4.13. The maximum atomic E-state index is 13.7. The first-order valence-electron chi connectivity index (χ1n) is 5.81. The molecule has 0 aliphatic rings. The number of amides is 1. The minimum Gasteiger partial charge on any atom is -0.507 e. The van der Waals surface area contributed by atoms with Gasteiger partial charge in [-0.15, -0.1) is 0 Å². The summed E-state index contributed by atoms with van der Waals surface area (Å²) in [5.74, 6) is -1.96. The van der Waals surface area contributed by atoms with Gasteiger partial charge in [-0.25, -0.2) is 4.39 Å². The molecule has 0 saturated heterocycles.